The van der Waals surface area contributed by atoms with E-state index in [9.17, 15) is 28.9 Å². The second-order valence-corrected chi connectivity index (χ2v) is 10.3. The van der Waals surface area contributed by atoms with Crippen LogP contribution in [-0.2, 0) is 23.4 Å². The zero-order valence-corrected chi connectivity index (χ0v) is 22.8. The minimum absolute atomic E-state index is 0.269. The molecule has 0 aromatic carbocycles. The molecule has 1 saturated heterocycles. The average Bonchev–Trinajstić information content (AvgIpc) is 3.19. The molecule has 2 unspecified atom stereocenters. The number of hydrogen-bond acceptors (Lipinski definition) is 8. The fraction of sp³-hybridized carbons (Fsp3) is 0.800. The van der Waals surface area contributed by atoms with Gasteiger partial charge in [-0.25, -0.2) is 4.79 Å². The van der Waals surface area contributed by atoms with Gasteiger partial charge in [0.2, 0.25) is 0 Å². The number of aliphatic carboxylic acids is 1. The van der Waals surface area contributed by atoms with Crippen molar-refractivity contribution in [2.45, 2.75) is 114 Å². The molecule has 0 aliphatic carbocycles. The second-order valence-electron chi connectivity index (χ2n) is 9.65. The SMILES string of the molecule is O=C(O)CCCCCCCCCCCCCCCO[C@H]1C(O[P+](=O)O)[C@@H](CO)O[C@H]1n1ccc(=O)[nH]c1=O. The Morgan fingerprint density at radius 3 is 2.00 bits per heavy atom. The van der Waals surface area contributed by atoms with Crippen molar-refractivity contribution in [3.05, 3.63) is 33.1 Å². The van der Waals surface area contributed by atoms with Gasteiger partial charge in [0, 0.05) is 29.9 Å². The number of unbranched alkanes of at least 4 members (excludes halogenated alkanes) is 12. The summed E-state index contributed by atoms with van der Waals surface area (Å²) in [6.45, 7) is -0.190. The van der Waals surface area contributed by atoms with Gasteiger partial charge in [-0.3, -0.25) is 19.1 Å². The molecule has 0 radical (unpaired) electrons. The van der Waals surface area contributed by atoms with E-state index in [-0.39, 0.29) is 6.42 Å². The van der Waals surface area contributed by atoms with E-state index in [0.717, 1.165) is 55.6 Å². The van der Waals surface area contributed by atoms with Crippen molar-refractivity contribution in [2.24, 2.45) is 0 Å². The van der Waals surface area contributed by atoms with E-state index in [2.05, 4.69) is 4.98 Å². The first-order valence-corrected chi connectivity index (χ1v) is 14.7. The molecule has 5 atom stereocenters. The number of aromatic amines is 1. The smallest absolute Gasteiger partial charge is 0.481 e. The monoisotopic (exact) mass is 561 g/mol. The van der Waals surface area contributed by atoms with Crippen molar-refractivity contribution in [1.82, 2.24) is 9.55 Å². The molecule has 1 aliphatic rings. The average molecular weight is 562 g/mol. The van der Waals surface area contributed by atoms with Crippen LogP contribution in [0.1, 0.15) is 96.1 Å². The van der Waals surface area contributed by atoms with Gasteiger partial charge in [0.25, 0.3) is 5.56 Å². The standard InChI is InChI=1S/C25H41N2O10P/c28-18-19-22(37-38(33)34)23(24(36-19)27-16-15-20(29)26-25(27)32)35-17-13-11-9-7-5-3-1-2-4-6-8-10-12-14-21(30)31/h15-16,19,22-24,28H,1-14,17-18H2,(H2-,26,29,30,31,32,33,34)/p+1/t19-,22?,23+,24-/m1/s1. The quantitative estimate of drug-likeness (QED) is 0.128. The van der Waals surface area contributed by atoms with Crippen molar-refractivity contribution in [2.75, 3.05) is 13.2 Å². The third kappa shape index (κ3) is 11.8. The minimum Gasteiger partial charge on any atom is -0.481 e. The van der Waals surface area contributed by atoms with Crippen LogP contribution in [0, 0.1) is 0 Å². The maximum atomic E-state index is 12.3. The van der Waals surface area contributed by atoms with Crippen LogP contribution in [0.2, 0.25) is 0 Å². The van der Waals surface area contributed by atoms with E-state index in [1.54, 1.807) is 0 Å². The molecule has 2 heterocycles. The number of nitrogens with zero attached hydrogens (tertiary/aromatic N) is 1. The number of carboxylic acids is 1. The van der Waals surface area contributed by atoms with Crippen LogP contribution in [0.3, 0.4) is 0 Å². The predicted molar refractivity (Wildman–Crippen MR) is 139 cm³/mol. The van der Waals surface area contributed by atoms with Crippen LogP contribution in [-0.4, -0.2) is 62.2 Å². The molecular weight excluding hydrogens is 519 g/mol. The third-order valence-electron chi connectivity index (χ3n) is 6.65. The summed E-state index contributed by atoms with van der Waals surface area (Å²) >= 11 is 0. The summed E-state index contributed by atoms with van der Waals surface area (Å²) in [6.07, 6.45) is 11.4. The molecule has 216 valence electrons. The van der Waals surface area contributed by atoms with Gasteiger partial charge < -0.3 is 19.7 Å². The lowest BCUT2D eigenvalue weighted by atomic mass is 10.0. The van der Waals surface area contributed by atoms with Crippen molar-refractivity contribution in [3.8, 4) is 0 Å². The summed E-state index contributed by atoms with van der Waals surface area (Å²) in [4.78, 5) is 45.6. The van der Waals surface area contributed by atoms with E-state index in [1.165, 1.54) is 44.7 Å². The molecule has 2 rings (SSSR count). The van der Waals surface area contributed by atoms with Crippen molar-refractivity contribution >= 4 is 14.2 Å². The largest absolute Gasteiger partial charge is 0.695 e. The Morgan fingerprint density at radius 2 is 1.50 bits per heavy atom. The van der Waals surface area contributed by atoms with Crippen LogP contribution >= 0.6 is 8.25 Å². The normalized spacial score (nSPS) is 21.6. The molecule has 1 fully saturated rings. The zero-order valence-electron chi connectivity index (χ0n) is 21.9. The first kappa shape index (κ1) is 32.3. The Morgan fingerprint density at radius 1 is 0.947 bits per heavy atom. The van der Waals surface area contributed by atoms with Gasteiger partial charge in [0.05, 0.1) is 6.61 Å². The highest BCUT2D eigenvalue weighted by atomic mass is 31.1. The Balaban J connectivity index is 1.65. The van der Waals surface area contributed by atoms with Gasteiger partial charge in [-0.05, 0) is 12.8 Å². The molecule has 13 heteroatoms. The van der Waals surface area contributed by atoms with E-state index in [1.807, 2.05) is 0 Å². The number of rotatable bonds is 21. The molecule has 0 amide bonds. The minimum atomic E-state index is -3.00. The number of nitrogens with one attached hydrogen (secondary N) is 1. The first-order chi connectivity index (χ1) is 18.3. The summed E-state index contributed by atoms with van der Waals surface area (Å²) in [5.74, 6) is -0.716. The van der Waals surface area contributed by atoms with E-state index in [4.69, 9.17) is 19.1 Å². The summed E-state index contributed by atoms with van der Waals surface area (Å²) in [5.41, 5.74) is -1.30. The van der Waals surface area contributed by atoms with E-state index < -0.39 is 56.6 Å². The topological polar surface area (TPSA) is 177 Å². The highest BCUT2D eigenvalue weighted by Gasteiger charge is 2.51. The Labute approximate surface area is 223 Å². The second kappa shape index (κ2) is 18.4. The first-order valence-electron chi connectivity index (χ1n) is 13.6. The number of carboxylic acid groups (broad SMARTS) is 1. The lowest BCUT2D eigenvalue weighted by Crippen LogP contribution is -2.40. The van der Waals surface area contributed by atoms with Gasteiger partial charge in [-0.2, -0.15) is 0 Å². The van der Waals surface area contributed by atoms with Gasteiger partial charge in [-0.1, -0.05) is 70.6 Å². The lowest BCUT2D eigenvalue weighted by molar-refractivity contribution is -0.137. The number of aliphatic hydroxyl groups excluding tert-OH is 1. The number of hydrogen-bond donors (Lipinski definition) is 4. The zero-order chi connectivity index (χ0) is 27.8. The number of aliphatic hydroxyl groups is 1. The van der Waals surface area contributed by atoms with Crippen LogP contribution in [0.5, 0.6) is 0 Å². The van der Waals surface area contributed by atoms with Gasteiger partial charge in [-0.15, -0.1) is 9.42 Å². The van der Waals surface area contributed by atoms with Crippen LogP contribution in [0.25, 0.3) is 0 Å². The predicted octanol–water partition coefficient (Wildman–Crippen LogP) is 3.39. The summed E-state index contributed by atoms with van der Waals surface area (Å²) in [6, 6.07) is 1.15. The Hall–Kier alpha value is -1.95. The molecule has 0 bridgehead atoms. The number of aromatic nitrogens is 2. The third-order valence-corrected chi connectivity index (χ3v) is 7.07. The molecule has 0 saturated carbocycles. The highest BCUT2D eigenvalue weighted by molar-refractivity contribution is 7.32. The van der Waals surface area contributed by atoms with Gasteiger partial charge in [0.15, 0.2) is 12.3 Å². The fourth-order valence-corrected chi connectivity index (χ4v) is 5.12. The molecular formula is C25H42N2O10P+. The molecule has 4 N–H and O–H groups in total. The molecule has 12 nitrogen and oxygen atoms in total. The Bertz CT molecular complexity index is 953. The van der Waals surface area contributed by atoms with Crippen LogP contribution in [0.4, 0.5) is 0 Å². The number of H-pyrrole nitrogens is 1. The molecule has 38 heavy (non-hydrogen) atoms. The van der Waals surface area contributed by atoms with Crippen LogP contribution < -0.4 is 11.2 Å². The van der Waals surface area contributed by atoms with Crippen LogP contribution in [0.15, 0.2) is 21.9 Å². The molecule has 1 aliphatic heterocycles. The fourth-order valence-electron chi connectivity index (χ4n) is 4.66. The van der Waals surface area contributed by atoms with Gasteiger partial charge >= 0.3 is 19.9 Å². The molecule has 1 aromatic rings. The van der Waals surface area contributed by atoms with Crippen molar-refractivity contribution in [1.29, 1.82) is 0 Å². The van der Waals surface area contributed by atoms with E-state index >= 15 is 0 Å². The molecule has 1 aromatic heterocycles. The van der Waals surface area contributed by atoms with E-state index in [0.29, 0.717) is 6.61 Å². The number of ether oxygens (including phenoxy) is 2. The van der Waals surface area contributed by atoms with Gasteiger partial charge in [0.1, 0.15) is 12.2 Å². The van der Waals surface area contributed by atoms with Crippen molar-refractivity contribution in [3.63, 3.8) is 0 Å². The maximum absolute atomic E-state index is 12.3. The lowest BCUT2D eigenvalue weighted by Gasteiger charge is -2.22. The number of carbonyl (C=O) groups is 1. The van der Waals surface area contributed by atoms with Crippen molar-refractivity contribution < 1.29 is 38.5 Å². The summed E-state index contributed by atoms with van der Waals surface area (Å²) in [5, 5.41) is 18.3. The Kier molecular flexibility index (Phi) is 15.6. The highest BCUT2D eigenvalue weighted by Crippen LogP contribution is 2.37. The molecule has 0 spiro atoms. The maximum Gasteiger partial charge on any atom is 0.695 e. The summed E-state index contributed by atoms with van der Waals surface area (Å²) < 4.78 is 29.2. The summed E-state index contributed by atoms with van der Waals surface area (Å²) in [7, 11) is -3.00.